The van der Waals surface area contributed by atoms with Crippen LogP contribution in [0.25, 0.3) is 0 Å². The molecule has 1 atom stereocenters. The average molecular weight is 289 g/mol. The lowest BCUT2D eigenvalue weighted by Gasteiger charge is -2.17. The smallest absolute Gasteiger partial charge is 0.335 e. The normalized spacial score (nSPS) is 17.2. The van der Waals surface area contributed by atoms with Crippen LogP contribution in [0.5, 0.6) is 5.75 Å². The first-order valence-electron chi connectivity index (χ1n) is 7.05. The van der Waals surface area contributed by atoms with Gasteiger partial charge in [-0.15, -0.1) is 0 Å². The molecule has 0 heterocycles. The minimum atomic E-state index is -0.963. The standard InChI is InChI=1S/C16H19NO4/c18-15(12-4-2-1-3-5-12)17-10-11-21-14-8-6-13(7-9-14)16(19)20/h1-2,6-9,12H,3-5,10-11H2,(H,17,18)(H,19,20). The van der Waals surface area contributed by atoms with E-state index in [1.54, 1.807) is 12.1 Å². The Balaban J connectivity index is 1.68. The largest absolute Gasteiger partial charge is 0.492 e. The van der Waals surface area contributed by atoms with Crippen LogP contribution in [-0.2, 0) is 4.79 Å². The minimum Gasteiger partial charge on any atom is -0.492 e. The second kappa shape index (κ2) is 7.47. The van der Waals surface area contributed by atoms with Gasteiger partial charge in [-0.3, -0.25) is 4.79 Å². The third kappa shape index (κ3) is 4.63. The van der Waals surface area contributed by atoms with E-state index in [-0.39, 0.29) is 17.4 Å². The van der Waals surface area contributed by atoms with Crippen molar-refractivity contribution in [2.24, 2.45) is 5.92 Å². The molecule has 1 unspecified atom stereocenters. The van der Waals surface area contributed by atoms with Crippen molar-refractivity contribution in [2.75, 3.05) is 13.2 Å². The summed E-state index contributed by atoms with van der Waals surface area (Å²) in [5.41, 5.74) is 0.223. The summed E-state index contributed by atoms with van der Waals surface area (Å²) in [6, 6.07) is 6.20. The molecule has 1 aromatic rings. The molecule has 2 N–H and O–H groups in total. The number of amides is 1. The van der Waals surface area contributed by atoms with Crippen molar-refractivity contribution >= 4 is 11.9 Å². The summed E-state index contributed by atoms with van der Waals surface area (Å²) >= 11 is 0. The van der Waals surface area contributed by atoms with Gasteiger partial charge in [0.05, 0.1) is 12.1 Å². The van der Waals surface area contributed by atoms with Crippen molar-refractivity contribution in [3.63, 3.8) is 0 Å². The molecule has 1 aromatic carbocycles. The van der Waals surface area contributed by atoms with Gasteiger partial charge in [0.25, 0.3) is 0 Å². The Labute approximate surface area is 123 Å². The average Bonchev–Trinajstić information content (AvgIpc) is 2.52. The molecule has 1 aliphatic rings. The zero-order chi connectivity index (χ0) is 15.1. The van der Waals surface area contributed by atoms with Gasteiger partial charge in [-0.1, -0.05) is 12.2 Å². The van der Waals surface area contributed by atoms with E-state index >= 15 is 0 Å². The lowest BCUT2D eigenvalue weighted by atomic mass is 9.94. The van der Waals surface area contributed by atoms with E-state index in [4.69, 9.17) is 9.84 Å². The maximum atomic E-state index is 11.9. The summed E-state index contributed by atoms with van der Waals surface area (Å²) in [5.74, 6) is -0.223. The molecule has 1 amide bonds. The zero-order valence-electron chi connectivity index (χ0n) is 11.7. The van der Waals surface area contributed by atoms with Crippen LogP contribution in [0.3, 0.4) is 0 Å². The predicted octanol–water partition coefficient (Wildman–Crippen LogP) is 2.24. The highest BCUT2D eigenvalue weighted by molar-refractivity contribution is 5.87. The van der Waals surface area contributed by atoms with Gasteiger partial charge in [0.2, 0.25) is 5.91 Å². The van der Waals surface area contributed by atoms with Crippen molar-refractivity contribution in [3.05, 3.63) is 42.0 Å². The first kappa shape index (κ1) is 15.1. The summed E-state index contributed by atoms with van der Waals surface area (Å²) in [6.07, 6.45) is 6.83. The number of allylic oxidation sites excluding steroid dienone is 2. The zero-order valence-corrected chi connectivity index (χ0v) is 11.7. The van der Waals surface area contributed by atoms with E-state index in [2.05, 4.69) is 11.4 Å². The fourth-order valence-corrected chi connectivity index (χ4v) is 2.21. The van der Waals surface area contributed by atoms with E-state index in [1.807, 2.05) is 6.08 Å². The Kier molecular flexibility index (Phi) is 5.37. The van der Waals surface area contributed by atoms with Crippen molar-refractivity contribution in [3.8, 4) is 5.75 Å². The van der Waals surface area contributed by atoms with Gasteiger partial charge in [-0.2, -0.15) is 0 Å². The molecular formula is C16H19NO4. The number of benzene rings is 1. The molecule has 0 saturated carbocycles. The molecule has 0 aliphatic heterocycles. The van der Waals surface area contributed by atoms with Gasteiger partial charge in [0.1, 0.15) is 12.4 Å². The number of carbonyl (C=O) groups is 2. The van der Waals surface area contributed by atoms with Gasteiger partial charge in [0, 0.05) is 5.92 Å². The van der Waals surface area contributed by atoms with Crippen LogP contribution >= 0.6 is 0 Å². The van der Waals surface area contributed by atoms with Gasteiger partial charge >= 0.3 is 5.97 Å². The van der Waals surface area contributed by atoms with Gasteiger partial charge in [-0.05, 0) is 43.5 Å². The lowest BCUT2D eigenvalue weighted by molar-refractivity contribution is -0.125. The number of hydrogen-bond donors (Lipinski definition) is 2. The molecule has 1 aliphatic carbocycles. The minimum absolute atomic E-state index is 0.0733. The molecule has 0 radical (unpaired) electrons. The van der Waals surface area contributed by atoms with Crippen LogP contribution < -0.4 is 10.1 Å². The fraction of sp³-hybridized carbons (Fsp3) is 0.375. The number of ether oxygens (including phenoxy) is 1. The second-order valence-electron chi connectivity index (χ2n) is 4.95. The van der Waals surface area contributed by atoms with Crippen LogP contribution in [0.1, 0.15) is 29.6 Å². The molecule has 0 spiro atoms. The highest BCUT2D eigenvalue weighted by Crippen LogP contribution is 2.17. The number of nitrogens with one attached hydrogen (secondary N) is 1. The van der Waals surface area contributed by atoms with Gasteiger partial charge in [-0.25, -0.2) is 4.79 Å². The summed E-state index contributed by atoms with van der Waals surface area (Å²) in [5, 5.41) is 11.6. The Bertz CT molecular complexity index is 522. The first-order chi connectivity index (χ1) is 10.2. The summed E-state index contributed by atoms with van der Waals surface area (Å²) in [7, 11) is 0. The third-order valence-electron chi connectivity index (χ3n) is 3.41. The van der Waals surface area contributed by atoms with E-state index < -0.39 is 5.97 Å². The topological polar surface area (TPSA) is 75.6 Å². The Hall–Kier alpha value is -2.30. The second-order valence-corrected chi connectivity index (χ2v) is 4.95. The van der Waals surface area contributed by atoms with E-state index in [0.717, 1.165) is 19.3 Å². The molecule has 112 valence electrons. The molecule has 2 rings (SSSR count). The number of carbonyl (C=O) groups excluding carboxylic acids is 1. The molecule has 21 heavy (non-hydrogen) atoms. The lowest BCUT2D eigenvalue weighted by Crippen LogP contribution is -2.34. The van der Waals surface area contributed by atoms with Crippen LogP contribution in [0.2, 0.25) is 0 Å². The predicted molar refractivity (Wildman–Crippen MR) is 78.4 cm³/mol. The van der Waals surface area contributed by atoms with E-state index in [1.165, 1.54) is 12.1 Å². The summed E-state index contributed by atoms with van der Waals surface area (Å²) in [4.78, 5) is 22.6. The SMILES string of the molecule is O=C(O)c1ccc(OCCNC(=O)C2CC=CCC2)cc1. The third-order valence-corrected chi connectivity index (χ3v) is 3.41. The molecule has 5 nitrogen and oxygen atoms in total. The molecule has 0 saturated heterocycles. The number of carboxylic acids is 1. The van der Waals surface area contributed by atoms with E-state index in [0.29, 0.717) is 18.9 Å². The highest BCUT2D eigenvalue weighted by atomic mass is 16.5. The van der Waals surface area contributed by atoms with Crippen LogP contribution in [0, 0.1) is 5.92 Å². The Morgan fingerprint density at radius 2 is 2.00 bits per heavy atom. The molecular weight excluding hydrogens is 270 g/mol. The Morgan fingerprint density at radius 1 is 1.24 bits per heavy atom. The number of rotatable bonds is 6. The maximum Gasteiger partial charge on any atom is 0.335 e. The quantitative estimate of drug-likeness (QED) is 0.622. The summed E-state index contributed by atoms with van der Waals surface area (Å²) < 4.78 is 5.46. The van der Waals surface area contributed by atoms with Gasteiger partial charge in [0.15, 0.2) is 0 Å². The van der Waals surface area contributed by atoms with Gasteiger partial charge < -0.3 is 15.2 Å². The Morgan fingerprint density at radius 3 is 2.62 bits per heavy atom. The molecule has 5 heteroatoms. The number of hydrogen-bond acceptors (Lipinski definition) is 3. The van der Waals surface area contributed by atoms with Crippen LogP contribution in [-0.4, -0.2) is 30.1 Å². The molecule has 0 aromatic heterocycles. The fourth-order valence-electron chi connectivity index (χ4n) is 2.21. The molecule has 0 fully saturated rings. The number of carboxylic acid groups (broad SMARTS) is 1. The monoisotopic (exact) mass is 289 g/mol. The summed E-state index contributed by atoms with van der Waals surface area (Å²) in [6.45, 7) is 0.806. The van der Waals surface area contributed by atoms with Crippen molar-refractivity contribution in [2.45, 2.75) is 19.3 Å². The van der Waals surface area contributed by atoms with Crippen molar-refractivity contribution in [1.82, 2.24) is 5.32 Å². The number of aromatic carboxylic acids is 1. The van der Waals surface area contributed by atoms with Crippen molar-refractivity contribution in [1.29, 1.82) is 0 Å². The first-order valence-corrected chi connectivity index (χ1v) is 7.05. The van der Waals surface area contributed by atoms with Crippen LogP contribution in [0.15, 0.2) is 36.4 Å². The highest BCUT2D eigenvalue weighted by Gasteiger charge is 2.17. The van der Waals surface area contributed by atoms with E-state index in [9.17, 15) is 9.59 Å². The van der Waals surface area contributed by atoms with Crippen molar-refractivity contribution < 1.29 is 19.4 Å². The van der Waals surface area contributed by atoms with Crippen LogP contribution in [0.4, 0.5) is 0 Å². The molecule has 0 bridgehead atoms. The maximum absolute atomic E-state index is 11.9.